The molecule has 0 spiro atoms. The molecule has 1 aromatic heterocycles. The topological polar surface area (TPSA) is 25.2 Å². The first-order chi connectivity index (χ1) is 6.85. The summed E-state index contributed by atoms with van der Waals surface area (Å²) in [7, 11) is 0. The smallest absolute Gasteiger partial charge is 0.0682 e. The van der Waals surface area contributed by atoms with Gasteiger partial charge in [0.25, 0.3) is 0 Å². The number of fused-ring (bicyclic) bond motifs is 1. The van der Waals surface area contributed by atoms with E-state index in [0.717, 1.165) is 18.5 Å². The van der Waals surface area contributed by atoms with Crippen LogP contribution in [0.4, 0.5) is 0 Å². The highest BCUT2D eigenvalue weighted by Crippen LogP contribution is 2.18. The summed E-state index contributed by atoms with van der Waals surface area (Å²) in [5, 5.41) is 10.3. The molecule has 0 bridgehead atoms. The first-order valence-electron chi connectivity index (χ1n) is 5.03. The van der Waals surface area contributed by atoms with Crippen molar-refractivity contribution in [2.45, 2.75) is 26.5 Å². The van der Waals surface area contributed by atoms with Crippen LogP contribution >= 0.6 is 0 Å². The molecule has 1 heterocycles. The molecule has 0 unspecified atom stereocenters. The van der Waals surface area contributed by atoms with Crippen LogP contribution in [-0.2, 0) is 13.2 Å². The maximum Gasteiger partial charge on any atom is 0.0682 e. The maximum atomic E-state index is 9.05. The molecule has 2 rings (SSSR count). The van der Waals surface area contributed by atoms with E-state index in [0.29, 0.717) is 0 Å². The Morgan fingerprint density at radius 3 is 2.86 bits per heavy atom. The lowest BCUT2D eigenvalue weighted by atomic mass is 10.2. The minimum absolute atomic E-state index is 0.118. The lowest BCUT2D eigenvalue weighted by Gasteiger charge is -2.03. The molecule has 2 aromatic rings. The third-order valence-corrected chi connectivity index (χ3v) is 2.49. The molecule has 0 radical (unpaired) electrons. The second-order valence-electron chi connectivity index (χ2n) is 3.56. The predicted molar refractivity (Wildman–Crippen MR) is 58.2 cm³/mol. The second kappa shape index (κ2) is 3.84. The summed E-state index contributed by atoms with van der Waals surface area (Å²) in [5.74, 6) is 0. The van der Waals surface area contributed by atoms with Crippen molar-refractivity contribution in [3.05, 3.63) is 36.0 Å². The van der Waals surface area contributed by atoms with Crippen molar-refractivity contribution in [2.24, 2.45) is 0 Å². The molecule has 0 saturated carbocycles. The Balaban J connectivity index is 2.52. The zero-order valence-electron chi connectivity index (χ0n) is 8.40. The van der Waals surface area contributed by atoms with E-state index in [1.54, 1.807) is 0 Å². The van der Waals surface area contributed by atoms with Crippen molar-refractivity contribution >= 4 is 10.9 Å². The van der Waals surface area contributed by atoms with Crippen LogP contribution in [-0.4, -0.2) is 9.67 Å². The summed E-state index contributed by atoms with van der Waals surface area (Å²) < 4.78 is 2.23. The van der Waals surface area contributed by atoms with E-state index < -0.39 is 0 Å². The fraction of sp³-hybridized carbons (Fsp3) is 0.333. The molecule has 14 heavy (non-hydrogen) atoms. The van der Waals surface area contributed by atoms with Crippen LogP contribution in [0.25, 0.3) is 10.9 Å². The third-order valence-electron chi connectivity index (χ3n) is 2.49. The zero-order valence-corrected chi connectivity index (χ0v) is 8.40. The van der Waals surface area contributed by atoms with Gasteiger partial charge in [-0.25, -0.2) is 0 Å². The molecule has 0 aliphatic carbocycles. The van der Waals surface area contributed by atoms with Crippen LogP contribution in [0.5, 0.6) is 0 Å². The van der Waals surface area contributed by atoms with Crippen LogP contribution in [0.1, 0.15) is 18.9 Å². The quantitative estimate of drug-likeness (QED) is 0.788. The zero-order chi connectivity index (χ0) is 9.97. The van der Waals surface area contributed by atoms with E-state index >= 15 is 0 Å². The fourth-order valence-electron chi connectivity index (χ4n) is 1.76. The molecule has 2 nitrogen and oxygen atoms in total. The Labute approximate surface area is 83.8 Å². The number of aliphatic hydroxyl groups excluding tert-OH is 1. The number of benzene rings is 1. The van der Waals surface area contributed by atoms with Crippen LogP contribution in [0.15, 0.2) is 30.5 Å². The van der Waals surface area contributed by atoms with Crippen LogP contribution in [0, 0.1) is 0 Å². The van der Waals surface area contributed by atoms with E-state index in [9.17, 15) is 0 Å². The lowest BCUT2D eigenvalue weighted by Crippen LogP contribution is -1.94. The van der Waals surface area contributed by atoms with Gasteiger partial charge in [0.2, 0.25) is 0 Å². The molecule has 0 aliphatic rings. The van der Waals surface area contributed by atoms with Crippen molar-refractivity contribution in [2.75, 3.05) is 0 Å². The van der Waals surface area contributed by atoms with Crippen molar-refractivity contribution in [1.82, 2.24) is 4.57 Å². The van der Waals surface area contributed by atoms with Gasteiger partial charge in [0, 0.05) is 18.3 Å². The third kappa shape index (κ3) is 1.53. The normalized spacial score (nSPS) is 11.0. The molecule has 74 valence electrons. The minimum atomic E-state index is 0.118. The number of aliphatic hydroxyl groups is 1. The van der Waals surface area contributed by atoms with Gasteiger partial charge in [0.1, 0.15) is 0 Å². The van der Waals surface area contributed by atoms with Crippen molar-refractivity contribution in [3.63, 3.8) is 0 Å². The van der Waals surface area contributed by atoms with Gasteiger partial charge in [-0.2, -0.15) is 0 Å². The summed E-state index contributed by atoms with van der Waals surface area (Å²) in [5.41, 5.74) is 2.20. The highest BCUT2D eigenvalue weighted by molar-refractivity contribution is 5.80. The summed E-state index contributed by atoms with van der Waals surface area (Å²) in [6.45, 7) is 3.33. The highest BCUT2D eigenvalue weighted by atomic mass is 16.3. The summed E-state index contributed by atoms with van der Waals surface area (Å²) in [6.07, 6.45) is 3.24. The molecular weight excluding hydrogens is 174 g/mol. The lowest BCUT2D eigenvalue weighted by molar-refractivity contribution is 0.282. The van der Waals surface area contributed by atoms with Crippen LogP contribution in [0.2, 0.25) is 0 Å². The van der Waals surface area contributed by atoms with Gasteiger partial charge in [-0.3, -0.25) is 0 Å². The molecule has 0 amide bonds. The summed E-state index contributed by atoms with van der Waals surface area (Å²) in [4.78, 5) is 0. The van der Waals surface area contributed by atoms with Gasteiger partial charge in [-0.15, -0.1) is 0 Å². The molecule has 2 heteroatoms. The van der Waals surface area contributed by atoms with Crippen LogP contribution in [0.3, 0.4) is 0 Å². The number of hydrogen-bond acceptors (Lipinski definition) is 1. The van der Waals surface area contributed by atoms with Gasteiger partial charge in [-0.05, 0) is 29.5 Å². The van der Waals surface area contributed by atoms with E-state index in [4.69, 9.17) is 5.11 Å². The van der Waals surface area contributed by atoms with Gasteiger partial charge < -0.3 is 9.67 Å². The Kier molecular flexibility index (Phi) is 2.55. The molecule has 0 saturated heterocycles. The van der Waals surface area contributed by atoms with Crippen molar-refractivity contribution in [1.29, 1.82) is 0 Å². The predicted octanol–water partition coefficient (Wildman–Crippen LogP) is 2.54. The SMILES string of the molecule is CCCn1ccc2ccc(CO)cc21. The minimum Gasteiger partial charge on any atom is -0.392 e. The van der Waals surface area contributed by atoms with Crippen LogP contribution < -0.4 is 0 Å². The monoisotopic (exact) mass is 189 g/mol. The molecule has 0 atom stereocenters. The molecule has 0 aliphatic heterocycles. The van der Waals surface area contributed by atoms with Gasteiger partial charge in [0.15, 0.2) is 0 Å². The summed E-state index contributed by atoms with van der Waals surface area (Å²) in [6, 6.07) is 8.21. The average molecular weight is 189 g/mol. The Bertz CT molecular complexity index is 431. The average Bonchev–Trinajstić information content (AvgIpc) is 2.61. The largest absolute Gasteiger partial charge is 0.392 e. The fourth-order valence-corrected chi connectivity index (χ4v) is 1.76. The number of hydrogen-bond donors (Lipinski definition) is 1. The second-order valence-corrected chi connectivity index (χ2v) is 3.56. The van der Waals surface area contributed by atoms with Gasteiger partial charge in [0.05, 0.1) is 6.61 Å². The Morgan fingerprint density at radius 2 is 2.14 bits per heavy atom. The Morgan fingerprint density at radius 1 is 1.29 bits per heavy atom. The molecule has 1 aromatic carbocycles. The van der Waals surface area contributed by atoms with E-state index in [1.807, 2.05) is 6.07 Å². The molecule has 0 fully saturated rings. The first kappa shape index (κ1) is 9.28. The number of rotatable bonds is 3. The van der Waals surface area contributed by atoms with E-state index in [-0.39, 0.29) is 6.61 Å². The Hall–Kier alpha value is -1.28. The molecular formula is C12H15NO. The highest BCUT2D eigenvalue weighted by Gasteiger charge is 2.00. The number of aryl methyl sites for hydroxylation is 1. The summed E-state index contributed by atoms with van der Waals surface area (Å²) >= 11 is 0. The number of aromatic nitrogens is 1. The molecule has 1 N–H and O–H groups in total. The van der Waals surface area contributed by atoms with Gasteiger partial charge >= 0.3 is 0 Å². The number of nitrogens with zero attached hydrogens (tertiary/aromatic N) is 1. The van der Waals surface area contributed by atoms with E-state index in [1.165, 1.54) is 10.9 Å². The van der Waals surface area contributed by atoms with E-state index in [2.05, 4.69) is 35.9 Å². The first-order valence-corrected chi connectivity index (χ1v) is 5.03. The van der Waals surface area contributed by atoms with Gasteiger partial charge in [-0.1, -0.05) is 19.1 Å². The van der Waals surface area contributed by atoms with Crippen molar-refractivity contribution in [3.8, 4) is 0 Å². The van der Waals surface area contributed by atoms with Crippen molar-refractivity contribution < 1.29 is 5.11 Å². The standard InChI is InChI=1S/C12H15NO/c1-2-6-13-7-5-11-4-3-10(9-14)8-12(11)13/h3-5,7-8,14H,2,6,9H2,1H3. The maximum absolute atomic E-state index is 9.05.